The van der Waals surface area contributed by atoms with Gasteiger partial charge < -0.3 is 9.15 Å². The molecule has 0 N–H and O–H groups in total. The molecule has 0 aliphatic carbocycles. The lowest BCUT2D eigenvalue weighted by atomic mass is 10.1. The minimum Gasteiger partial charge on any atom is -0.496 e. The standard InChI is InChI=1S/C14H8F6O3/c1-22-10-6-9(23-12(21)11(10)14(18,19)20)7-2-4-8(5-3-7)13(15,16)17/h2-6H,1H3. The molecule has 0 aliphatic heterocycles. The Morgan fingerprint density at radius 3 is 1.96 bits per heavy atom. The third kappa shape index (κ3) is 3.49. The lowest BCUT2D eigenvalue weighted by Crippen LogP contribution is -2.20. The molecule has 0 fully saturated rings. The summed E-state index contributed by atoms with van der Waals surface area (Å²) >= 11 is 0. The molecular formula is C14H8F6O3. The van der Waals surface area contributed by atoms with Crippen LogP contribution >= 0.6 is 0 Å². The monoisotopic (exact) mass is 338 g/mol. The fourth-order valence-corrected chi connectivity index (χ4v) is 1.85. The van der Waals surface area contributed by atoms with E-state index in [0.29, 0.717) is 0 Å². The summed E-state index contributed by atoms with van der Waals surface area (Å²) in [6.45, 7) is 0. The van der Waals surface area contributed by atoms with Crippen molar-refractivity contribution in [2.75, 3.05) is 7.11 Å². The Kier molecular flexibility index (Phi) is 4.14. The van der Waals surface area contributed by atoms with Crippen LogP contribution in [0.2, 0.25) is 0 Å². The van der Waals surface area contributed by atoms with E-state index >= 15 is 0 Å². The molecule has 0 aliphatic rings. The lowest BCUT2D eigenvalue weighted by Gasteiger charge is -2.12. The van der Waals surface area contributed by atoms with Gasteiger partial charge >= 0.3 is 18.0 Å². The highest BCUT2D eigenvalue weighted by molar-refractivity contribution is 5.60. The minimum absolute atomic E-state index is 0.00197. The predicted octanol–water partition coefficient (Wildman–Crippen LogP) is 4.35. The molecule has 124 valence electrons. The van der Waals surface area contributed by atoms with Gasteiger partial charge in [0.05, 0.1) is 12.7 Å². The molecule has 1 heterocycles. The topological polar surface area (TPSA) is 39.4 Å². The van der Waals surface area contributed by atoms with Gasteiger partial charge in [-0.25, -0.2) is 4.79 Å². The van der Waals surface area contributed by atoms with Crippen LogP contribution in [-0.2, 0) is 12.4 Å². The summed E-state index contributed by atoms with van der Waals surface area (Å²) < 4.78 is 84.7. The number of rotatable bonds is 2. The summed E-state index contributed by atoms with van der Waals surface area (Å²) in [7, 11) is 0.931. The highest BCUT2D eigenvalue weighted by atomic mass is 19.4. The number of ether oxygens (including phenoxy) is 1. The van der Waals surface area contributed by atoms with E-state index in [9.17, 15) is 31.1 Å². The first kappa shape index (κ1) is 16.9. The first-order chi connectivity index (χ1) is 10.5. The zero-order valence-corrected chi connectivity index (χ0v) is 11.4. The van der Waals surface area contributed by atoms with Crippen LogP contribution in [0.4, 0.5) is 26.3 Å². The molecular weight excluding hydrogens is 330 g/mol. The van der Waals surface area contributed by atoms with Gasteiger partial charge in [-0.15, -0.1) is 0 Å². The molecule has 23 heavy (non-hydrogen) atoms. The quantitative estimate of drug-likeness (QED) is 0.764. The van der Waals surface area contributed by atoms with Crippen molar-refractivity contribution in [1.82, 2.24) is 0 Å². The van der Waals surface area contributed by atoms with E-state index in [1.807, 2.05) is 0 Å². The van der Waals surface area contributed by atoms with Crippen LogP contribution in [0.15, 0.2) is 39.5 Å². The van der Waals surface area contributed by atoms with Crippen molar-refractivity contribution in [3.05, 3.63) is 51.9 Å². The summed E-state index contributed by atoms with van der Waals surface area (Å²) in [6, 6.07) is 4.20. The average molecular weight is 338 g/mol. The zero-order valence-electron chi connectivity index (χ0n) is 11.4. The second kappa shape index (κ2) is 5.64. The van der Waals surface area contributed by atoms with E-state index in [2.05, 4.69) is 9.15 Å². The van der Waals surface area contributed by atoms with Gasteiger partial charge in [0, 0.05) is 11.6 Å². The van der Waals surface area contributed by atoms with Crippen molar-refractivity contribution in [3.8, 4) is 17.1 Å². The average Bonchev–Trinajstić information content (AvgIpc) is 2.44. The summed E-state index contributed by atoms with van der Waals surface area (Å²) in [4.78, 5) is 11.5. The second-order valence-electron chi connectivity index (χ2n) is 4.41. The molecule has 0 saturated heterocycles. The van der Waals surface area contributed by atoms with E-state index in [1.165, 1.54) is 0 Å². The van der Waals surface area contributed by atoms with E-state index in [1.54, 1.807) is 0 Å². The van der Waals surface area contributed by atoms with E-state index in [4.69, 9.17) is 0 Å². The van der Waals surface area contributed by atoms with Crippen molar-refractivity contribution < 1.29 is 35.5 Å². The van der Waals surface area contributed by atoms with Crippen LogP contribution in [0.5, 0.6) is 5.75 Å². The Hall–Kier alpha value is -2.45. The lowest BCUT2D eigenvalue weighted by molar-refractivity contribution is -0.141. The first-order valence-corrected chi connectivity index (χ1v) is 6.01. The Balaban J connectivity index is 2.54. The predicted molar refractivity (Wildman–Crippen MR) is 67.0 cm³/mol. The Morgan fingerprint density at radius 2 is 1.52 bits per heavy atom. The van der Waals surface area contributed by atoms with Gasteiger partial charge in [-0.05, 0) is 12.1 Å². The first-order valence-electron chi connectivity index (χ1n) is 6.01. The van der Waals surface area contributed by atoms with Gasteiger partial charge in [0.25, 0.3) is 0 Å². The number of alkyl halides is 6. The SMILES string of the molecule is COc1cc(-c2ccc(C(F)(F)F)cc2)oc(=O)c1C(F)(F)F. The van der Waals surface area contributed by atoms with Gasteiger partial charge in [-0.2, -0.15) is 26.3 Å². The van der Waals surface area contributed by atoms with Crippen LogP contribution in [-0.4, -0.2) is 7.11 Å². The van der Waals surface area contributed by atoms with Gasteiger partial charge in [0.2, 0.25) is 0 Å². The molecule has 1 aromatic carbocycles. The molecule has 3 nitrogen and oxygen atoms in total. The largest absolute Gasteiger partial charge is 0.496 e. The highest BCUT2D eigenvalue weighted by Gasteiger charge is 2.39. The molecule has 9 heteroatoms. The summed E-state index contributed by atoms with van der Waals surface area (Å²) in [5, 5.41) is 0. The van der Waals surface area contributed by atoms with Crippen molar-refractivity contribution in [2.45, 2.75) is 12.4 Å². The normalized spacial score (nSPS) is 12.3. The third-order valence-electron chi connectivity index (χ3n) is 2.92. The molecule has 1 aromatic heterocycles. The number of benzene rings is 1. The second-order valence-corrected chi connectivity index (χ2v) is 4.41. The van der Waals surface area contributed by atoms with Crippen molar-refractivity contribution in [1.29, 1.82) is 0 Å². The smallest absolute Gasteiger partial charge is 0.427 e. The fourth-order valence-electron chi connectivity index (χ4n) is 1.85. The number of methoxy groups -OCH3 is 1. The van der Waals surface area contributed by atoms with Gasteiger partial charge in [-0.3, -0.25) is 0 Å². The van der Waals surface area contributed by atoms with Crippen LogP contribution < -0.4 is 10.4 Å². The van der Waals surface area contributed by atoms with E-state index in [0.717, 1.165) is 37.4 Å². The van der Waals surface area contributed by atoms with Crippen molar-refractivity contribution in [2.24, 2.45) is 0 Å². The Morgan fingerprint density at radius 1 is 0.957 bits per heavy atom. The molecule has 0 unspecified atom stereocenters. The van der Waals surface area contributed by atoms with Crippen LogP contribution in [0, 0.1) is 0 Å². The molecule has 0 atom stereocenters. The number of hydrogen-bond donors (Lipinski definition) is 0. The highest BCUT2D eigenvalue weighted by Crippen LogP contribution is 2.36. The zero-order chi connectivity index (χ0) is 17.4. The van der Waals surface area contributed by atoms with E-state index in [-0.39, 0.29) is 11.3 Å². The van der Waals surface area contributed by atoms with Gasteiger partial charge in [-0.1, -0.05) is 12.1 Å². The maximum Gasteiger partial charge on any atom is 0.427 e. The van der Waals surface area contributed by atoms with Crippen LogP contribution in [0.25, 0.3) is 11.3 Å². The Labute approximate surface area is 125 Å². The number of halogens is 6. The molecule has 2 rings (SSSR count). The molecule has 0 saturated carbocycles. The minimum atomic E-state index is -4.98. The van der Waals surface area contributed by atoms with E-state index < -0.39 is 34.9 Å². The molecule has 0 radical (unpaired) electrons. The summed E-state index contributed by atoms with van der Waals surface area (Å²) in [5.74, 6) is -1.11. The molecule has 0 bridgehead atoms. The molecule has 0 amide bonds. The molecule has 2 aromatic rings. The Bertz CT molecular complexity index is 756. The third-order valence-corrected chi connectivity index (χ3v) is 2.92. The maximum absolute atomic E-state index is 12.7. The van der Waals surface area contributed by atoms with Crippen molar-refractivity contribution >= 4 is 0 Å². The fraction of sp³-hybridized carbons (Fsp3) is 0.214. The van der Waals surface area contributed by atoms with Crippen molar-refractivity contribution in [3.63, 3.8) is 0 Å². The van der Waals surface area contributed by atoms with Crippen LogP contribution in [0.3, 0.4) is 0 Å². The molecule has 0 spiro atoms. The van der Waals surface area contributed by atoms with Gasteiger partial charge in [0.15, 0.2) is 5.56 Å². The van der Waals surface area contributed by atoms with Crippen LogP contribution in [0.1, 0.15) is 11.1 Å². The maximum atomic E-state index is 12.7. The van der Waals surface area contributed by atoms with Gasteiger partial charge in [0.1, 0.15) is 11.5 Å². The summed E-state index contributed by atoms with van der Waals surface area (Å²) in [5.41, 5.74) is -4.24. The number of hydrogen-bond acceptors (Lipinski definition) is 3. The summed E-state index contributed by atoms with van der Waals surface area (Å²) in [6.07, 6.45) is -9.54.